The SMILES string of the molecule is C[C@@H](NCCC(C)(C)/C(N)=N/O)c1ccccc1F. The summed E-state index contributed by atoms with van der Waals surface area (Å²) >= 11 is 0. The largest absolute Gasteiger partial charge is 0.409 e. The summed E-state index contributed by atoms with van der Waals surface area (Å²) in [5.74, 6) is -0.00830. The zero-order valence-electron chi connectivity index (χ0n) is 11.7. The Balaban J connectivity index is 2.52. The first kappa shape index (κ1) is 15.4. The molecule has 1 aromatic rings. The molecule has 0 saturated heterocycles. The van der Waals surface area contributed by atoms with Gasteiger partial charge in [-0.2, -0.15) is 0 Å². The summed E-state index contributed by atoms with van der Waals surface area (Å²) in [4.78, 5) is 0. The molecule has 106 valence electrons. The van der Waals surface area contributed by atoms with Crippen LogP contribution in [0.15, 0.2) is 29.4 Å². The summed E-state index contributed by atoms with van der Waals surface area (Å²) in [6.45, 7) is 6.36. The van der Waals surface area contributed by atoms with Crippen LogP contribution in [0.4, 0.5) is 4.39 Å². The molecule has 0 amide bonds. The van der Waals surface area contributed by atoms with Gasteiger partial charge in [-0.1, -0.05) is 37.2 Å². The van der Waals surface area contributed by atoms with Gasteiger partial charge < -0.3 is 16.3 Å². The third kappa shape index (κ3) is 4.21. The second-order valence-corrected chi connectivity index (χ2v) is 5.32. The van der Waals surface area contributed by atoms with Crippen LogP contribution in [0.2, 0.25) is 0 Å². The van der Waals surface area contributed by atoms with Crippen molar-refractivity contribution >= 4 is 5.84 Å². The first-order valence-corrected chi connectivity index (χ1v) is 6.34. The minimum atomic E-state index is -0.392. The van der Waals surface area contributed by atoms with Crippen molar-refractivity contribution in [3.05, 3.63) is 35.6 Å². The van der Waals surface area contributed by atoms with Crippen LogP contribution >= 0.6 is 0 Å². The lowest BCUT2D eigenvalue weighted by atomic mass is 9.88. The molecule has 0 radical (unpaired) electrons. The molecule has 0 unspecified atom stereocenters. The molecule has 1 aromatic carbocycles. The van der Waals surface area contributed by atoms with Crippen LogP contribution in [-0.4, -0.2) is 17.6 Å². The highest BCUT2D eigenvalue weighted by Crippen LogP contribution is 2.21. The number of halogens is 1. The maximum atomic E-state index is 13.6. The Kier molecular flexibility index (Phi) is 5.30. The van der Waals surface area contributed by atoms with Crippen LogP contribution in [0.3, 0.4) is 0 Å². The molecular weight excluding hydrogens is 245 g/mol. The number of hydrogen-bond donors (Lipinski definition) is 3. The van der Waals surface area contributed by atoms with Crippen molar-refractivity contribution < 1.29 is 9.60 Å². The number of hydrogen-bond acceptors (Lipinski definition) is 3. The highest BCUT2D eigenvalue weighted by molar-refractivity contribution is 5.85. The van der Waals surface area contributed by atoms with Gasteiger partial charge in [0.15, 0.2) is 0 Å². The number of nitrogens with two attached hydrogens (primary N) is 1. The third-order valence-electron chi connectivity index (χ3n) is 3.37. The smallest absolute Gasteiger partial charge is 0.144 e. The molecule has 19 heavy (non-hydrogen) atoms. The van der Waals surface area contributed by atoms with Gasteiger partial charge in [0.05, 0.1) is 0 Å². The lowest BCUT2D eigenvalue weighted by molar-refractivity contribution is 0.304. The van der Waals surface area contributed by atoms with Crippen molar-refractivity contribution in [2.24, 2.45) is 16.3 Å². The van der Waals surface area contributed by atoms with Crippen LogP contribution in [0.1, 0.15) is 38.8 Å². The van der Waals surface area contributed by atoms with Crippen molar-refractivity contribution in [3.63, 3.8) is 0 Å². The van der Waals surface area contributed by atoms with Gasteiger partial charge in [-0.25, -0.2) is 4.39 Å². The van der Waals surface area contributed by atoms with Crippen molar-refractivity contribution in [2.45, 2.75) is 33.2 Å². The Morgan fingerprint density at radius 1 is 1.47 bits per heavy atom. The summed E-state index contributed by atoms with van der Waals surface area (Å²) < 4.78 is 13.6. The van der Waals surface area contributed by atoms with Gasteiger partial charge >= 0.3 is 0 Å². The summed E-state index contributed by atoms with van der Waals surface area (Å²) in [7, 11) is 0. The summed E-state index contributed by atoms with van der Waals surface area (Å²) in [5.41, 5.74) is 5.87. The van der Waals surface area contributed by atoms with E-state index < -0.39 is 5.41 Å². The zero-order valence-corrected chi connectivity index (χ0v) is 11.7. The molecule has 0 saturated carbocycles. The van der Waals surface area contributed by atoms with E-state index in [-0.39, 0.29) is 17.7 Å². The predicted molar refractivity (Wildman–Crippen MR) is 74.6 cm³/mol. The maximum absolute atomic E-state index is 13.6. The Labute approximate surface area is 113 Å². The monoisotopic (exact) mass is 267 g/mol. The van der Waals surface area contributed by atoms with E-state index in [1.54, 1.807) is 12.1 Å². The molecule has 0 aliphatic rings. The fourth-order valence-corrected chi connectivity index (χ4v) is 1.80. The standard InChI is InChI=1S/C14H22FN3O/c1-10(11-6-4-5-7-12(11)15)17-9-8-14(2,3)13(16)18-19/h4-7,10,17,19H,8-9H2,1-3H3,(H2,16,18)/t10-/m1/s1. The Bertz CT molecular complexity index is 446. The van der Waals surface area contributed by atoms with E-state index in [1.807, 2.05) is 26.8 Å². The van der Waals surface area contributed by atoms with Gasteiger partial charge in [0, 0.05) is 17.0 Å². The number of rotatable bonds is 6. The van der Waals surface area contributed by atoms with Crippen LogP contribution in [0.5, 0.6) is 0 Å². The quantitative estimate of drug-likeness (QED) is 0.321. The number of oxime groups is 1. The van der Waals surface area contributed by atoms with E-state index in [1.165, 1.54) is 6.07 Å². The first-order valence-electron chi connectivity index (χ1n) is 6.34. The molecule has 0 heterocycles. The fourth-order valence-electron chi connectivity index (χ4n) is 1.80. The molecule has 0 spiro atoms. The van der Waals surface area contributed by atoms with Gasteiger partial charge in [-0.3, -0.25) is 0 Å². The predicted octanol–water partition coefficient (Wildman–Crippen LogP) is 2.64. The zero-order chi connectivity index (χ0) is 14.5. The Morgan fingerprint density at radius 2 is 2.11 bits per heavy atom. The van der Waals surface area contributed by atoms with Gasteiger partial charge in [0.1, 0.15) is 11.7 Å². The van der Waals surface area contributed by atoms with Gasteiger partial charge in [-0.15, -0.1) is 0 Å². The molecular formula is C14H22FN3O. The average Bonchev–Trinajstić information content (AvgIpc) is 2.37. The molecule has 0 fully saturated rings. The summed E-state index contributed by atoms with van der Waals surface area (Å²) in [6, 6.07) is 6.63. The normalized spacial score (nSPS) is 14.4. The Morgan fingerprint density at radius 3 is 2.68 bits per heavy atom. The second kappa shape index (κ2) is 6.52. The number of nitrogens with one attached hydrogen (secondary N) is 1. The number of amidine groups is 1. The molecule has 0 aliphatic heterocycles. The van der Waals surface area contributed by atoms with Gasteiger partial charge in [0.25, 0.3) is 0 Å². The van der Waals surface area contributed by atoms with Crippen LogP contribution in [0, 0.1) is 11.2 Å². The van der Waals surface area contributed by atoms with Gasteiger partial charge in [0.2, 0.25) is 0 Å². The molecule has 0 aromatic heterocycles. The van der Waals surface area contributed by atoms with E-state index in [0.29, 0.717) is 18.5 Å². The summed E-state index contributed by atoms with van der Waals surface area (Å²) in [6.07, 6.45) is 0.696. The van der Waals surface area contributed by atoms with Crippen LogP contribution < -0.4 is 11.1 Å². The van der Waals surface area contributed by atoms with Crippen LogP contribution in [-0.2, 0) is 0 Å². The lowest BCUT2D eigenvalue weighted by Gasteiger charge is -2.24. The second-order valence-electron chi connectivity index (χ2n) is 5.32. The van der Waals surface area contributed by atoms with Crippen molar-refractivity contribution in [2.75, 3.05) is 6.54 Å². The van der Waals surface area contributed by atoms with E-state index in [9.17, 15) is 4.39 Å². The topological polar surface area (TPSA) is 70.6 Å². The van der Waals surface area contributed by atoms with E-state index in [4.69, 9.17) is 10.9 Å². The molecule has 4 nitrogen and oxygen atoms in total. The maximum Gasteiger partial charge on any atom is 0.144 e. The van der Waals surface area contributed by atoms with E-state index in [0.717, 1.165) is 0 Å². The molecule has 0 aliphatic carbocycles. The third-order valence-corrected chi connectivity index (χ3v) is 3.37. The molecule has 1 rings (SSSR count). The van der Waals surface area contributed by atoms with E-state index >= 15 is 0 Å². The highest BCUT2D eigenvalue weighted by Gasteiger charge is 2.23. The van der Waals surface area contributed by atoms with Crippen LogP contribution in [0.25, 0.3) is 0 Å². The fraction of sp³-hybridized carbons (Fsp3) is 0.500. The lowest BCUT2D eigenvalue weighted by Crippen LogP contribution is -2.35. The number of nitrogens with zero attached hydrogens (tertiary/aromatic N) is 1. The van der Waals surface area contributed by atoms with E-state index in [2.05, 4.69) is 10.5 Å². The average molecular weight is 267 g/mol. The van der Waals surface area contributed by atoms with Crippen molar-refractivity contribution in [1.82, 2.24) is 5.32 Å². The van der Waals surface area contributed by atoms with Crippen molar-refractivity contribution in [1.29, 1.82) is 0 Å². The minimum Gasteiger partial charge on any atom is -0.409 e. The number of benzene rings is 1. The molecule has 5 heteroatoms. The molecule has 4 N–H and O–H groups in total. The summed E-state index contributed by atoms with van der Waals surface area (Å²) in [5, 5.41) is 15.0. The first-order chi connectivity index (χ1) is 8.88. The van der Waals surface area contributed by atoms with Crippen molar-refractivity contribution in [3.8, 4) is 0 Å². The molecule has 1 atom stereocenters. The van der Waals surface area contributed by atoms with Gasteiger partial charge in [-0.05, 0) is 26.0 Å². The Hall–Kier alpha value is -1.62. The molecule has 0 bridgehead atoms. The highest BCUT2D eigenvalue weighted by atomic mass is 19.1. The minimum absolute atomic E-state index is 0.0794.